The number of hydrogen-bond acceptors (Lipinski definition) is 4. The fourth-order valence-electron chi connectivity index (χ4n) is 1.43. The van der Waals surface area contributed by atoms with E-state index < -0.39 is 44.5 Å². The first-order valence-electron chi connectivity index (χ1n) is 4.52. The molecular formula is C9H5BrF3NO5. The molecule has 6 nitrogen and oxygen atoms in total. The highest BCUT2D eigenvalue weighted by atomic mass is 79.9. The van der Waals surface area contributed by atoms with Crippen molar-refractivity contribution in [3.8, 4) is 0 Å². The van der Waals surface area contributed by atoms with Crippen molar-refractivity contribution in [3.63, 3.8) is 0 Å². The van der Waals surface area contributed by atoms with Crippen LogP contribution in [0.2, 0.25) is 0 Å². The van der Waals surface area contributed by atoms with E-state index in [2.05, 4.69) is 15.9 Å². The fourth-order valence-corrected chi connectivity index (χ4v) is 2.00. The Labute approximate surface area is 111 Å². The molecule has 1 unspecified atom stereocenters. The molecule has 0 saturated heterocycles. The number of halogens is 4. The van der Waals surface area contributed by atoms with Crippen LogP contribution in [-0.4, -0.2) is 21.1 Å². The van der Waals surface area contributed by atoms with Crippen molar-refractivity contribution < 1.29 is 33.1 Å². The largest absolute Gasteiger partial charge is 0.479 e. The van der Waals surface area contributed by atoms with E-state index in [1.807, 2.05) is 0 Å². The van der Waals surface area contributed by atoms with Gasteiger partial charge >= 0.3 is 12.1 Å². The highest BCUT2D eigenvalue weighted by Crippen LogP contribution is 2.43. The van der Waals surface area contributed by atoms with Gasteiger partial charge in [-0.2, -0.15) is 13.2 Å². The van der Waals surface area contributed by atoms with E-state index in [0.29, 0.717) is 6.07 Å². The van der Waals surface area contributed by atoms with Crippen LogP contribution in [0, 0.1) is 10.1 Å². The van der Waals surface area contributed by atoms with E-state index in [-0.39, 0.29) is 0 Å². The number of aliphatic hydroxyl groups is 1. The monoisotopic (exact) mass is 343 g/mol. The predicted octanol–water partition coefficient (Wildman–Crippen LogP) is 2.49. The van der Waals surface area contributed by atoms with Gasteiger partial charge in [0.15, 0.2) is 6.10 Å². The van der Waals surface area contributed by atoms with Crippen molar-refractivity contribution >= 4 is 27.6 Å². The number of aliphatic hydroxyl groups excluding tert-OH is 1. The van der Waals surface area contributed by atoms with Gasteiger partial charge in [-0.25, -0.2) is 4.79 Å². The van der Waals surface area contributed by atoms with Gasteiger partial charge in [0.25, 0.3) is 5.69 Å². The molecular weight excluding hydrogens is 339 g/mol. The van der Waals surface area contributed by atoms with Crippen LogP contribution < -0.4 is 0 Å². The number of alkyl halides is 3. The first kappa shape index (κ1) is 15.4. The molecule has 0 bridgehead atoms. The fraction of sp³-hybridized carbons (Fsp3) is 0.222. The second kappa shape index (κ2) is 5.13. The van der Waals surface area contributed by atoms with E-state index in [9.17, 15) is 33.2 Å². The van der Waals surface area contributed by atoms with Gasteiger partial charge in [-0.15, -0.1) is 0 Å². The number of benzene rings is 1. The molecule has 0 spiro atoms. The Balaban J connectivity index is 3.74. The smallest absolute Gasteiger partial charge is 0.418 e. The Morgan fingerprint density at radius 3 is 2.32 bits per heavy atom. The number of aliphatic carboxylic acids is 1. The summed E-state index contributed by atoms with van der Waals surface area (Å²) in [6.45, 7) is 0. The van der Waals surface area contributed by atoms with E-state index in [4.69, 9.17) is 5.11 Å². The summed E-state index contributed by atoms with van der Waals surface area (Å²) in [5.74, 6) is -2.02. The minimum absolute atomic E-state index is 0.596. The molecule has 0 aliphatic rings. The predicted molar refractivity (Wildman–Crippen MR) is 58.4 cm³/mol. The summed E-state index contributed by atoms with van der Waals surface area (Å²) < 4.78 is 37.9. The molecule has 0 amide bonds. The average Bonchev–Trinajstić information content (AvgIpc) is 2.25. The average molecular weight is 344 g/mol. The molecule has 0 radical (unpaired) electrons. The van der Waals surface area contributed by atoms with E-state index in [1.54, 1.807) is 0 Å². The van der Waals surface area contributed by atoms with Gasteiger partial charge in [0.05, 0.1) is 16.1 Å². The van der Waals surface area contributed by atoms with Crippen LogP contribution in [0.3, 0.4) is 0 Å². The summed E-state index contributed by atoms with van der Waals surface area (Å²) in [5, 5.41) is 28.5. The standard InChI is InChI=1S/C9H5BrF3NO5/c10-3-1-2-4(14(18)19)5(7(15)8(16)17)6(3)9(11,12)13/h1-2,7,15H,(H,16,17). The van der Waals surface area contributed by atoms with Crippen molar-refractivity contribution in [1.29, 1.82) is 0 Å². The van der Waals surface area contributed by atoms with Gasteiger partial charge < -0.3 is 10.2 Å². The van der Waals surface area contributed by atoms with Crippen LogP contribution in [-0.2, 0) is 11.0 Å². The van der Waals surface area contributed by atoms with Gasteiger partial charge in [0.1, 0.15) is 0 Å². The SMILES string of the molecule is O=C(O)C(O)c1c([N+](=O)[O-])ccc(Br)c1C(F)(F)F. The third-order valence-corrected chi connectivity index (χ3v) is 2.82. The van der Waals surface area contributed by atoms with Crippen LogP contribution in [0.4, 0.5) is 18.9 Å². The van der Waals surface area contributed by atoms with E-state index in [0.717, 1.165) is 6.07 Å². The van der Waals surface area contributed by atoms with Crippen LogP contribution in [0.5, 0.6) is 0 Å². The summed E-state index contributed by atoms with van der Waals surface area (Å²) in [7, 11) is 0. The Kier molecular flexibility index (Phi) is 4.15. The second-order valence-electron chi connectivity index (χ2n) is 3.35. The minimum atomic E-state index is -5.06. The molecule has 1 atom stereocenters. The number of nitro groups is 1. The molecule has 1 rings (SSSR count). The Bertz CT molecular complexity index is 545. The molecule has 19 heavy (non-hydrogen) atoms. The minimum Gasteiger partial charge on any atom is -0.479 e. The molecule has 0 aliphatic heterocycles. The Morgan fingerprint density at radius 2 is 1.95 bits per heavy atom. The number of hydrogen-bond donors (Lipinski definition) is 2. The lowest BCUT2D eigenvalue weighted by molar-refractivity contribution is -0.386. The van der Waals surface area contributed by atoms with E-state index >= 15 is 0 Å². The highest BCUT2D eigenvalue weighted by molar-refractivity contribution is 9.10. The summed E-state index contributed by atoms with van der Waals surface area (Å²) in [6, 6.07) is 1.44. The molecule has 2 N–H and O–H groups in total. The van der Waals surface area contributed by atoms with Crippen LogP contribution in [0.1, 0.15) is 17.2 Å². The molecule has 1 aromatic carbocycles. The lowest BCUT2D eigenvalue weighted by Crippen LogP contribution is -2.19. The van der Waals surface area contributed by atoms with Gasteiger partial charge in [-0.1, -0.05) is 15.9 Å². The number of carboxylic acids is 1. The van der Waals surface area contributed by atoms with Crippen molar-refractivity contribution in [2.75, 3.05) is 0 Å². The van der Waals surface area contributed by atoms with Crippen molar-refractivity contribution in [3.05, 3.63) is 37.8 Å². The topological polar surface area (TPSA) is 101 Å². The number of carboxylic acid groups (broad SMARTS) is 1. The highest BCUT2D eigenvalue weighted by Gasteiger charge is 2.42. The molecule has 0 saturated carbocycles. The summed E-state index contributed by atoms with van der Waals surface area (Å²) in [5.41, 5.74) is -4.01. The zero-order valence-electron chi connectivity index (χ0n) is 8.81. The van der Waals surface area contributed by atoms with Crippen molar-refractivity contribution in [1.82, 2.24) is 0 Å². The second-order valence-corrected chi connectivity index (χ2v) is 4.21. The molecule has 0 fully saturated rings. The zero-order valence-corrected chi connectivity index (χ0v) is 10.4. The normalized spacial score (nSPS) is 13.1. The first-order chi connectivity index (χ1) is 8.57. The summed E-state index contributed by atoms with van der Waals surface area (Å²) >= 11 is 2.54. The lowest BCUT2D eigenvalue weighted by atomic mass is 9.99. The number of rotatable bonds is 3. The number of nitro benzene ring substituents is 1. The molecule has 0 heterocycles. The molecule has 104 valence electrons. The third-order valence-electron chi connectivity index (χ3n) is 2.16. The maximum absolute atomic E-state index is 12.8. The van der Waals surface area contributed by atoms with Crippen molar-refractivity contribution in [2.45, 2.75) is 12.3 Å². The zero-order chi connectivity index (χ0) is 15.0. The van der Waals surface area contributed by atoms with Crippen LogP contribution in [0.25, 0.3) is 0 Å². The van der Waals surface area contributed by atoms with Gasteiger partial charge in [-0.05, 0) is 6.07 Å². The van der Waals surface area contributed by atoms with Crippen LogP contribution in [0.15, 0.2) is 16.6 Å². The molecule has 0 aliphatic carbocycles. The Hall–Kier alpha value is -1.68. The maximum Gasteiger partial charge on any atom is 0.418 e. The molecule has 1 aromatic rings. The Morgan fingerprint density at radius 1 is 1.42 bits per heavy atom. The summed E-state index contributed by atoms with van der Waals surface area (Å²) in [4.78, 5) is 20.1. The quantitative estimate of drug-likeness (QED) is 0.648. The summed E-state index contributed by atoms with van der Waals surface area (Å²) in [6.07, 6.45) is -7.72. The van der Waals surface area contributed by atoms with Crippen LogP contribution >= 0.6 is 15.9 Å². The van der Waals surface area contributed by atoms with Gasteiger partial charge in [0.2, 0.25) is 0 Å². The molecule has 10 heteroatoms. The maximum atomic E-state index is 12.8. The van der Waals surface area contributed by atoms with Crippen molar-refractivity contribution in [2.24, 2.45) is 0 Å². The third kappa shape index (κ3) is 3.01. The van der Waals surface area contributed by atoms with E-state index in [1.165, 1.54) is 0 Å². The first-order valence-corrected chi connectivity index (χ1v) is 5.31. The van der Waals surface area contributed by atoms with Gasteiger partial charge in [-0.3, -0.25) is 10.1 Å². The number of nitrogens with zero attached hydrogens (tertiary/aromatic N) is 1. The molecule has 0 aromatic heterocycles. The number of carbonyl (C=O) groups is 1. The lowest BCUT2D eigenvalue weighted by Gasteiger charge is -2.16. The van der Waals surface area contributed by atoms with Gasteiger partial charge in [0, 0.05) is 10.5 Å².